The Morgan fingerprint density at radius 1 is 1.43 bits per heavy atom. The highest BCUT2D eigenvalue weighted by Crippen LogP contribution is 2.34. The molecule has 0 saturated heterocycles. The lowest BCUT2D eigenvalue weighted by atomic mass is 10.0. The molecule has 1 unspecified atom stereocenters. The Bertz CT molecular complexity index is 310. The average Bonchev–Trinajstić information content (AvgIpc) is 3.00. The molecule has 1 aromatic rings. The molecule has 0 spiro atoms. The molecule has 14 heavy (non-hydrogen) atoms. The largest absolute Gasteiger partial charge is 0.271 e. The van der Waals surface area contributed by atoms with Crippen molar-refractivity contribution in [3.05, 3.63) is 34.9 Å². The van der Waals surface area contributed by atoms with Crippen molar-refractivity contribution >= 4 is 11.6 Å². The zero-order chi connectivity index (χ0) is 9.97. The van der Waals surface area contributed by atoms with Crippen LogP contribution in [0.5, 0.6) is 0 Å². The van der Waals surface area contributed by atoms with Gasteiger partial charge in [0, 0.05) is 11.1 Å². The minimum absolute atomic E-state index is 0.384. The second kappa shape index (κ2) is 4.30. The summed E-state index contributed by atoms with van der Waals surface area (Å²) in [6.07, 6.45) is 3.51. The van der Waals surface area contributed by atoms with Gasteiger partial charge in [0.25, 0.3) is 0 Å². The highest BCUT2D eigenvalue weighted by molar-refractivity contribution is 6.31. The van der Waals surface area contributed by atoms with Gasteiger partial charge in [-0.1, -0.05) is 29.8 Å². The monoisotopic (exact) mass is 210 g/mol. The van der Waals surface area contributed by atoms with Gasteiger partial charge in [0.05, 0.1) is 0 Å². The van der Waals surface area contributed by atoms with E-state index >= 15 is 0 Å². The van der Waals surface area contributed by atoms with Gasteiger partial charge in [-0.3, -0.25) is 11.3 Å². The summed E-state index contributed by atoms with van der Waals surface area (Å²) in [5.41, 5.74) is 4.07. The number of nitrogens with two attached hydrogens (primary N) is 1. The van der Waals surface area contributed by atoms with Gasteiger partial charge in [0.2, 0.25) is 0 Å². The van der Waals surface area contributed by atoms with Crippen molar-refractivity contribution in [3.63, 3.8) is 0 Å². The van der Waals surface area contributed by atoms with E-state index < -0.39 is 0 Å². The first-order chi connectivity index (χ1) is 6.81. The molecule has 0 heterocycles. The van der Waals surface area contributed by atoms with Gasteiger partial charge in [-0.2, -0.15) is 0 Å². The van der Waals surface area contributed by atoms with Crippen LogP contribution in [-0.4, -0.2) is 6.04 Å². The van der Waals surface area contributed by atoms with Crippen LogP contribution in [0.25, 0.3) is 0 Å². The van der Waals surface area contributed by atoms with E-state index in [-0.39, 0.29) is 0 Å². The maximum Gasteiger partial charge on any atom is 0.0438 e. The van der Waals surface area contributed by atoms with Crippen molar-refractivity contribution < 1.29 is 0 Å². The van der Waals surface area contributed by atoms with Crippen molar-refractivity contribution in [1.82, 2.24) is 5.43 Å². The van der Waals surface area contributed by atoms with Crippen LogP contribution in [0.1, 0.15) is 18.4 Å². The first-order valence-corrected chi connectivity index (χ1v) is 5.38. The lowest BCUT2D eigenvalue weighted by Gasteiger charge is -2.15. The molecule has 2 nitrogen and oxygen atoms in total. The molecule has 76 valence electrons. The lowest BCUT2D eigenvalue weighted by Crippen LogP contribution is -2.38. The van der Waals surface area contributed by atoms with Gasteiger partial charge in [-0.15, -0.1) is 0 Å². The molecule has 0 radical (unpaired) electrons. The van der Waals surface area contributed by atoms with E-state index in [1.807, 2.05) is 18.2 Å². The number of nitrogens with one attached hydrogen (secondary N) is 1. The first kappa shape index (κ1) is 9.97. The molecule has 1 aromatic carbocycles. The number of hydrazine groups is 1. The summed E-state index contributed by atoms with van der Waals surface area (Å²) < 4.78 is 0. The van der Waals surface area contributed by atoms with Gasteiger partial charge in [0.15, 0.2) is 0 Å². The van der Waals surface area contributed by atoms with Gasteiger partial charge in [-0.05, 0) is 36.8 Å². The SMILES string of the molecule is NNC(Cc1ccccc1Cl)C1CC1. The van der Waals surface area contributed by atoms with E-state index in [0.29, 0.717) is 6.04 Å². The van der Waals surface area contributed by atoms with Crippen molar-refractivity contribution in [2.24, 2.45) is 11.8 Å². The molecule has 0 amide bonds. The first-order valence-electron chi connectivity index (χ1n) is 5.01. The van der Waals surface area contributed by atoms with Crippen molar-refractivity contribution in [2.45, 2.75) is 25.3 Å². The zero-order valence-corrected chi connectivity index (χ0v) is 8.80. The molecular formula is C11H15ClN2. The Balaban J connectivity index is 2.04. The molecule has 0 aliphatic heterocycles. The summed E-state index contributed by atoms with van der Waals surface area (Å²) >= 11 is 6.08. The van der Waals surface area contributed by atoms with Crippen LogP contribution < -0.4 is 11.3 Å². The van der Waals surface area contributed by atoms with E-state index in [1.165, 1.54) is 18.4 Å². The molecule has 3 N–H and O–H groups in total. The zero-order valence-electron chi connectivity index (χ0n) is 8.04. The molecular weight excluding hydrogens is 196 g/mol. The minimum Gasteiger partial charge on any atom is -0.271 e. The number of benzene rings is 1. The Morgan fingerprint density at radius 3 is 2.71 bits per heavy atom. The molecule has 0 aromatic heterocycles. The van der Waals surface area contributed by atoms with Crippen LogP contribution in [0.3, 0.4) is 0 Å². The summed E-state index contributed by atoms with van der Waals surface area (Å²) in [7, 11) is 0. The topological polar surface area (TPSA) is 38.0 Å². The normalized spacial score (nSPS) is 18.1. The Hall–Kier alpha value is -0.570. The van der Waals surface area contributed by atoms with E-state index in [4.69, 9.17) is 17.4 Å². The number of halogens is 1. The van der Waals surface area contributed by atoms with E-state index in [2.05, 4.69) is 11.5 Å². The Morgan fingerprint density at radius 2 is 2.14 bits per heavy atom. The van der Waals surface area contributed by atoms with Crippen LogP contribution in [0.4, 0.5) is 0 Å². The van der Waals surface area contributed by atoms with Crippen LogP contribution in [-0.2, 0) is 6.42 Å². The fourth-order valence-corrected chi connectivity index (χ4v) is 1.97. The third-order valence-corrected chi connectivity index (χ3v) is 3.17. The van der Waals surface area contributed by atoms with Gasteiger partial charge < -0.3 is 0 Å². The molecule has 3 heteroatoms. The predicted molar refractivity (Wildman–Crippen MR) is 59.0 cm³/mol. The molecule has 0 bridgehead atoms. The van der Waals surface area contributed by atoms with Crippen molar-refractivity contribution in [1.29, 1.82) is 0 Å². The molecule has 1 atom stereocenters. The fourth-order valence-electron chi connectivity index (χ4n) is 1.76. The van der Waals surface area contributed by atoms with E-state index in [9.17, 15) is 0 Å². The second-order valence-electron chi connectivity index (χ2n) is 3.91. The maximum absolute atomic E-state index is 6.08. The summed E-state index contributed by atoms with van der Waals surface area (Å²) in [5, 5.41) is 0.841. The van der Waals surface area contributed by atoms with Crippen LogP contribution in [0.15, 0.2) is 24.3 Å². The Kier molecular flexibility index (Phi) is 3.06. The average molecular weight is 211 g/mol. The highest BCUT2D eigenvalue weighted by atomic mass is 35.5. The molecule has 2 rings (SSSR count). The van der Waals surface area contributed by atoms with Gasteiger partial charge in [-0.25, -0.2) is 0 Å². The predicted octanol–water partition coefficient (Wildman–Crippen LogP) is 2.12. The van der Waals surface area contributed by atoms with E-state index in [0.717, 1.165) is 17.4 Å². The molecule has 1 aliphatic rings. The highest BCUT2D eigenvalue weighted by Gasteiger charge is 2.30. The third kappa shape index (κ3) is 2.27. The van der Waals surface area contributed by atoms with Crippen molar-refractivity contribution in [3.8, 4) is 0 Å². The van der Waals surface area contributed by atoms with Gasteiger partial charge >= 0.3 is 0 Å². The third-order valence-electron chi connectivity index (χ3n) is 2.80. The summed E-state index contributed by atoms with van der Waals surface area (Å²) in [6, 6.07) is 8.34. The van der Waals surface area contributed by atoms with Gasteiger partial charge in [0.1, 0.15) is 0 Å². The minimum atomic E-state index is 0.384. The number of hydrogen-bond acceptors (Lipinski definition) is 2. The van der Waals surface area contributed by atoms with Crippen molar-refractivity contribution in [2.75, 3.05) is 0 Å². The maximum atomic E-state index is 6.08. The molecule has 1 saturated carbocycles. The summed E-state index contributed by atoms with van der Waals surface area (Å²) in [4.78, 5) is 0. The van der Waals surface area contributed by atoms with Crippen LogP contribution in [0.2, 0.25) is 5.02 Å². The summed E-state index contributed by atoms with van der Waals surface area (Å²) in [5.74, 6) is 6.27. The van der Waals surface area contributed by atoms with Crippen LogP contribution in [0, 0.1) is 5.92 Å². The quantitative estimate of drug-likeness (QED) is 0.590. The second-order valence-corrected chi connectivity index (χ2v) is 4.31. The standard InChI is InChI=1S/C11H15ClN2/c12-10-4-2-1-3-9(10)7-11(14-13)8-5-6-8/h1-4,8,11,14H,5-7,13H2. The lowest BCUT2D eigenvalue weighted by molar-refractivity contribution is 0.472. The number of rotatable bonds is 4. The molecule has 1 fully saturated rings. The van der Waals surface area contributed by atoms with Crippen LogP contribution >= 0.6 is 11.6 Å². The molecule has 1 aliphatic carbocycles. The fraction of sp³-hybridized carbons (Fsp3) is 0.455. The van der Waals surface area contributed by atoms with E-state index in [1.54, 1.807) is 0 Å². The summed E-state index contributed by atoms with van der Waals surface area (Å²) in [6.45, 7) is 0. The number of hydrogen-bond donors (Lipinski definition) is 2. The smallest absolute Gasteiger partial charge is 0.0438 e. The Labute approximate surface area is 89.4 Å².